The van der Waals surface area contributed by atoms with Gasteiger partial charge >= 0.3 is 0 Å². The van der Waals surface area contributed by atoms with Gasteiger partial charge in [-0.3, -0.25) is 0 Å². The van der Waals surface area contributed by atoms with Crippen LogP contribution in [0.25, 0.3) is 0 Å². The van der Waals surface area contributed by atoms with Gasteiger partial charge in [0.25, 0.3) is 0 Å². The van der Waals surface area contributed by atoms with E-state index in [9.17, 15) is 0 Å². The summed E-state index contributed by atoms with van der Waals surface area (Å²) in [5, 5.41) is 3.69. The number of hydrogen-bond donors (Lipinski definition) is 1. The van der Waals surface area contributed by atoms with Crippen molar-refractivity contribution in [2.24, 2.45) is 11.8 Å². The summed E-state index contributed by atoms with van der Waals surface area (Å²) in [4.78, 5) is 0. The lowest BCUT2D eigenvalue weighted by Gasteiger charge is -2.33. The molecule has 1 heteroatoms. The molecule has 0 aliphatic heterocycles. The highest BCUT2D eigenvalue weighted by atomic mass is 14.9. The first kappa shape index (κ1) is 9.51. The predicted octanol–water partition coefficient (Wildman–Crippen LogP) is 2.95. The van der Waals surface area contributed by atoms with Crippen LogP contribution in [0.2, 0.25) is 0 Å². The zero-order valence-electron chi connectivity index (χ0n) is 9.05. The largest absolute Gasteiger partial charge is 0.312 e. The standard InChI is InChI=1S/C12H23N/c1-9(2)13-12-7-6-10-4-3-5-11(10)8-12/h9-13H,3-8H2,1-2H3. The summed E-state index contributed by atoms with van der Waals surface area (Å²) in [7, 11) is 0. The van der Waals surface area contributed by atoms with Gasteiger partial charge < -0.3 is 5.32 Å². The van der Waals surface area contributed by atoms with Crippen LogP contribution in [0.4, 0.5) is 0 Å². The van der Waals surface area contributed by atoms with E-state index in [1.54, 1.807) is 0 Å². The van der Waals surface area contributed by atoms with Gasteiger partial charge in [-0.25, -0.2) is 0 Å². The molecule has 0 aromatic heterocycles. The molecule has 1 nitrogen and oxygen atoms in total. The van der Waals surface area contributed by atoms with Gasteiger partial charge in [-0.15, -0.1) is 0 Å². The molecule has 0 radical (unpaired) electrons. The fraction of sp³-hybridized carbons (Fsp3) is 1.00. The Morgan fingerprint density at radius 2 is 1.77 bits per heavy atom. The van der Waals surface area contributed by atoms with Crippen molar-refractivity contribution in [1.29, 1.82) is 0 Å². The van der Waals surface area contributed by atoms with E-state index in [1.165, 1.54) is 38.5 Å². The molecule has 0 heterocycles. The monoisotopic (exact) mass is 181 g/mol. The van der Waals surface area contributed by atoms with Crippen LogP contribution in [0.5, 0.6) is 0 Å². The third-order valence-corrected chi connectivity index (χ3v) is 3.86. The minimum absolute atomic E-state index is 0.669. The first-order valence-electron chi connectivity index (χ1n) is 6.01. The fourth-order valence-corrected chi connectivity index (χ4v) is 3.33. The maximum Gasteiger partial charge on any atom is 0.00722 e. The molecule has 3 atom stereocenters. The zero-order valence-corrected chi connectivity index (χ0v) is 9.05. The fourth-order valence-electron chi connectivity index (χ4n) is 3.33. The van der Waals surface area contributed by atoms with E-state index in [4.69, 9.17) is 0 Å². The summed E-state index contributed by atoms with van der Waals surface area (Å²) in [5.41, 5.74) is 0. The van der Waals surface area contributed by atoms with E-state index in [0.29, 0.717) is 6.04 Å². The van der Waals surface area contributed by atoms with Gasteiger partial charge in [-0.2, -0.15) is 0 Å². The Labute approximate surface area is 82.3 Å². The van der Waals surface area contributed by atoms with Crippen LogP contribution >= 0.6 is 0 Å². The Hall–Kier alpha value is -0.0400. The maximum absolute atomic E-state index is 3.69. The Morgan fingerprint density at radius 1 is 1.00 bits per heavy atom. The van der Waals surface area contributed by atoms with E-state index >= 15 is 0 Å². The van der Waals surface area contributed by atoms with Crippen LogP contribution in [0.3, 0.4) is 0 Å². The molecule has 2 aliphatic rings. The summed E-state index contributed by atoms with van der Waals surface area (Å²) in [5.74, 6) is 2.18. The highest BCUT2D eigenvalue weighted by Gasteiger charge is 2.33. The zero-order chi connectivity index (χ0) is 9.26. The van der Waals surface area contributed by atoms with Crippen molar-refractivity contribution >= 4 is 0 Å². The molecule has 0 aromatic rings. The van der Waals surface area contributed by atoms with Gasteiger partial charge in [0.2, 0.25) is 0 Å². The molecule has 3 unspecified atom stereocenters. The van der Waals surface area contributed by atoms with Crippen molar-refractivity contribution in [3.63, 3.8) is 0 Å². The summed E-state index contributed by atoms with van der Waals surface area (Å²) in [6.45, 7) is 4.53. The van der Waals surface area contributed by atoms with Gasteiger partial charge in [0, 0.05) is 12.1 Å². The average molecular weight is 181 g/mol. The molecule has 2 aliphatic carbocycles. The van der Waals surface area contributed by atoms with Gasteiger partial charge in [-0.05, 0) is 31.1 Å². The summed E-state index contributed by atoms with van der Waals surface area (Å²) < 4.78 is 0. The lowest BCUT2D eigenvalue weighted by atomic mass is 9.79. The minimum Gasteiger partial charge on any atom is -0.312 e. The molecule has 2 saturated carbocycles. The molecule has 13 heavy (non-hydrogen) atoms. The van der Waals surface area contributed by atoms with Crippen LogP contribution in [0.15, 0.2) is 0 Å². The molecule has 0 aromatic carbocycles. The van der Waals surface area contributed by atoms with E-state index in [1.807, 2.05) is 0 Å². The van der Waals surface area contributed by atoms with Crippen molar-refractivity contribution in [3.8, 4) is 0 Å². The smallest absolute Gasteiger partial charge is 0.00722 e. The van der Waals surface area contributed by atoms with Gasteiger partial charge in [0.15, 0.2) is 0 Å². The van der Waals surface area contributed by atoms with E-state index in [-0.39, 0.29) is 0 Å². The van der Waals surface area contributed by atoms with Crippen molar-refractivity contribution in [2.75, 3.05) is 0 Å². The third kappa shape index (κ3) is 2.25. The molecule has 0 bridgehead atoms. The number of rotatable bonds is 2. The third-order valence-electron chi connectivity index (χ3n) is 3.86. The molecule has 2 fully saturated rings. The lowest BCUT2D eigenvalue weighted by Crippen LogP contribution is -2.39. The normalized spacial score (nSPS) is 39.5. The lowest BCUT2D eigenvalue weighted by molar-refractivity contribution is 0.219. The molecule has 76 valence electrons. The number of hydrogen-bond acceptors (Lipinski definition) is 1. The van der Waals surface area contributed by atoms with Crippen molar-refractivity contribution in [3.05, 3.63) is 0 Å². The van der Waals surface area contributed by atoms with Gasteiger partial charge in [0.1, 0.15) is 0 Å². The second kappa shape index (κ2) is 4.00. The van der Waals surface area contributed by atoms with Crippen LogP contribution in [0, 0.1) is 11.8 Å². The molecule has 2 rings (SSSR count). The summed E-state index contributed by atoms with van der Waals surface area (Å²) >= 11 is 0. The average Bonchev–Trinajstić information content (AvgIpc) is 2.49. The minimum atomic E-state index is 0.669. The number of fused-ring (bicyclic) bond motifs is 1. The second-order valence-electron chi connectivity index (χ2n) is 5.28. The first-order chi connectivity index (χ1) is 6.25. The Kier molecular flexibility index (Phi) is 2.92. The van der Waals surface area contributed by atoms with Crippen molar-refractivity contribution in [1.82, 2.24) is 5.32 Å². The van der Waals surface area contributed by atoms with E-state index in [2.05, 4.69) is 19.2 Å². The molecule has 0 spiro atoms. The SMILES string of the molecule is CC(C)NC1CCC2CCCC2C1. The molecule has 0 amide bonds. The van der Waals surface area contributed by atoms with Crippen LogP contribution in [-0.4, -0.2) is 12.1 Å². The Bertz CT molecular complexity index is 165. The highest BCUT2D eigenvalue weighted by molar-refractivity contribution is 4.87. The highest BCUT2D eigenvalue weighted by Crippen LogP contribution is 2.42. The number of nitrogens with one attached hydrogen (secondary N) is 1. The van der Waals surface area contributed by atoms with Gasteiger partial charge in [-0.1, -0.05) is 33.1 Å². The Morgan fingerprint density at radius 3 is 2.54 bits per heavy atom. The quantitative estimate of drug-likeness (QED) is 0.690. The van der Waals surface area contributed by atoms with Crippen molar-refractivity contribution < 1.29 is 0 Å². The second-order valence-corrected chi connectivity index (χ2v) is 5.28. The topological polar surface area (TPSA) is 12.0 Å². The van der Waals surface area contributed by atoms with Crippen molar-refractivity contribution in [2.45, 2.75) is 64.5 Å². The van der Waals surface area contributed by atoms with E-state index in [0.717, 1.165) is 17.9 Å². The predicted molar refractivity (Wildman–Crippen MR) is 56.7 cm³/mol. The first-order valence-corrected chi connectivity index (χ1v) is 6.01. The van der Waals surface area contributed by atoms with Crippen LogP contribution in [0.1, 0.15) is 52.4 Å². The maximum atomic E-state index is 3.69. The summed E-state index contributed by atoms with van der Waals surface area (Å²) in [6.07, 6.45) is 8.93. The molecule has 1 N–H and O–H groups in total. The molecular formula is C12H23N. The Balaban J connectivity index is 1.83. The van der Waals surface area contributed by atoms with Gasteiger partial charge in [0.05, 0.1) is 0 Å². The van der Waals surface area contributed by atoms with E-state index < -0.39 is 0 Å². The molecular weight excluding hydrogens is 158 g/mol. The van der Waals surface area contributed by atoms with Crippen LogP contribution in [-0.2, 0) is 0 Å². The van der Waals surface area contributed by atoms with Crippen LogP contribution < -0.4 is 5.32 Å². The summed E-state index contributed by atoms with van der Waals surface area (Å²) in [6, 6.07) is 1.50. The molecule has 0 saturated heterocycles.